The number of amides is 2. The van der Waals surface area contributed by atoms with Gasteiger partial charge >= 0.3 is 5.97 Å². The van der Waals surface area contributed by atoms with Gasteiger partial charge in [-0.3, -0.25) is 38.6 Å². The lowest BCUT2D eigenvalue weighted by Gasteiger charge is -2.50. The van der Waals surface area contributed by atoms with Gasteiger partial charge in [0.25, 0.3) is 11.8 Å². The Balaban J connectivity index is 0.000000204. The summed E-state index contributed by atoms with van der Waals surface area (Å²) in [5.41, 5.74) is 5.04. The van der Waals surface area contributed by atoms with Gasteiger partial charge in [0.1, 0.15) is 45.7 Å². The lowest BCUT2D eigenvalue weighted by Crippen LogP contribution is -2.67. The van der Waals surface area contributed by atoms with E-state index in [1.165, 1.54) is 17.0 Å². The highest BCUT2D eigenvalue weighted by molar-refractivity contribution is 14.1. The molecule has 8 atom stereocenters. The molecule has 22 heteroatoms. The average Bonchev–Trinajstić information content (AvgIpc) is 3.25. The van der Waals surface area contributed by atoms with Gasteiger partial charge in [-0.2, -0.15) is 0 Å². The molecule has 20 nitrogen and oxygen atoms in total. The first-order chi connectivity index (χ1) is 31.8. The number of benzene rings is 2. The Morgan fingerprint density at radius 3 is 1.56 bits per heavy atom. The Hall–Kier alpha value is -5.41. The summed E-state index contributed by atoms with van der Waals surface area (Å²) >= 11 is 4.14. The average molecular weight is 1170 g/mol. The van der Waals surface area contributed by atoms with Crippen LogP contribution in [-0.4, -0.2) is 151 Å². The molecule has 0 aromatic heterocycles. The first-order valence-corrected chi connectivity index (χ1v) is 23.3. The minimum absolute atomic E-state index is 0.0553. The number of nitrogens with zero attached hydrogens (tertiary/aromatic N) is 2. The molecule has 2 fully saturated rings. The molecule has 0 radical (unpaired) electrons. The number of ether oxygens (including phenoxy) is 2. The number of ketones is 4. The molecular formula is C46H48I2N4O16. The molecule has 0 bridgehead atoms. The third-order valence-electron chi connectivity index (χ3n) is 13.7. The van der Waals surface area contributed by atoms with Gasteiger partial charge in [0.05, 0.1) is 29.8 Å². The number of hydrogen-bond acceptors (Lipinski definition) is 18. The monoisotopic (exact) mass is 1170 g/mol. The number of Topliss-reactive ketones (excluding diaryl/α,β-unsaturated/α-hetero) is 4. The predicted molar refractivity (Wildman–Crippen MR) is 254 cm³/mol. The Morgan fingerprint density at radius 2 is 1.13 bits per heavy atom. The smallest absolute Gasteiger partial charge is 0.344 e. The number of rotatable bonds is 8. The van der Waals surface area contributed by atoms with Gasteiger partial charge in [-0.25, -0.2) is 4.79 Å². The molecule has 0 spiro atoms. The number of halogens is 2. The van der Waals surface area contributed by atoms with Gasteiger partial charge in [-0.15, -0.1) is 0 Å². The fourth-order valence-corrected chi connectivity index (χ4v) is 12.2. The molecule has 6 aliphatic carbocycles. The number of esters is 1. The first-order valence-electron chi connectivity index (χ1n) is 21.2. The second kappa shape index (κ2) is 18.2. The van der Waals surface area contributed by atoms with Crippen LogP contribution in [0.1, 0.15) is 42.0 Å². The Labute approximate surface area is 415 Å². The van der Waals surface area contributed by atoms with Crippen LogP contribution in [0, 0.1) is 30.8 Å². The minimum atomic E-state index is -2.73. The summed E-state index contributed by atoms with van der Waals surface area (Å²) in [6, 6.07) is 4.08. The topological polar surface area (TPSA) is 338 Å². The van der Waals surface area contributed by atoms with E-state index in [-0.39, 0.29) is 65.4 Å². The van der Waals surface area contributed by atoms with E-state index in [4.69, 9.17) is 20.9 Å². The zero-order chi connectivity index (χ0) is 50.4. The van der Waals surface area contributed by atoms with Gasteiger partial charge < -0.3 is 56.7 Å². The third kappa shape index (κ3) is 7.57. The van der Waals surface area contributed by atoms with E-state index in [2.05, 4.69) is 45.2 Å². The van der Waals surface area contributed by atoms with Gasteiger partial charge in [0, 0.05) is 30.1 Å². The Morgan fingerprint density at radius 1 is 0.691 bits per heavy atom. The highest BCUT2D eigenvalue weighted by Gasteiger charge is 2.66. The number of aromatic hydroxyl groups is 2. The second-order valence-electron chi connectivity index (χ2n) is 17.8. The molecule has 8 rings (SSSR count). The quantitative estimate of drug-likeness (QED) is 0.0775. The van der Waals surface area contributed by atoms with Crippen molar-refractivity contribution in [2.45, 2.75) is 55.9 Å². The summed E-state index contributed by atoms with van der Waals surface area (Å²) < 4.78 is 12.0. The van der Waals surface area contributed by atoms with Gasteiger partial charge in [0.15, 0.2) is 23.6 Å². The maximum Gasteiger partial charge on any atom is 0.344 e. The number of hydrogen-bond donors (Lipinski definition) is 9. The number of phenolic OH excluding ortho intramolecular Hbond substituents is 2. The van der Waals surface area contributed by atoms with E-state index >= 15 is 0 Å². The molecule has 6 aliphatic rings. The lowest BCUT2D eigenvalue weighted by molar-refractivity contribution is -0.164. The van der Waals surface area contributed by atoms with E-state index in [9.17, 15) is 69.3 Å². The maximum absolute atomic E-state index is 13.9. The van der Waals surface area contributed by atoms with Crippen LogP contribution in [0.3, 0.4) is 0 Å². The summed E-state index contributed by atoms with van der Waals surface area (Å²) in [5.74, 6) is -13.4. The van der Waals surface area contributed by atoms with Crippen molar-refractivity contribution in [1.29, 1.82) is 0 Å². The Bertz CT molecular complexity index is 2780. The van der Waals surface area contributed by atoms with Crippen molar-refractivity contribution < 1.29 is 78.8 Å². The molecule has 11 N–H and O–H groups in total. The third-order valence-corrected chi connectivity index (χ3v) is 15.7. The van der Waals surface area contributed by atoms with Crippen LogP contribution in [0.15, 0.2) is 58.1 Å². The fraction of sp³-hybridized carbons (Fsp3) is 0.413. The van der Waals surface area contributed by atoms with Crippen molar-refractivity contribution in [2.75, 3.05) is 41.4 Å². The van der Waals surface area contributed by atoms with Crippen LogP contribution in [-0.2, 0) is 55.9 Å². The van der Waals surface area contributed by atoms with Crippen molar-refractivity contribution in [3.63, 3.8) is 0 Å². The molecule has 2 aromatic rings. The molecule has 0 unspecified atom stereocenters. The number of likely N-dealkylation sites (N-methyl/N-ethyl adjacent to an activating group) is 2. The largest absolute Gasteiger partial charge is 0.508 e. The maximum atomic E-state index is 13.9. The second-order valence-corrected chi connectivity index (χ2v) is 20.2. The van der Waals surface area contributed by atoms with E-state index < -0.39 is 123 Å². The number of phenols is 2. The van der Waals surface area contributed by atoms with Crippen LogP contribution < -0.4 is 11.5 Å². The van der Waals surface area contributed by atoms with Crippen LogP contribution >= 0.6 is 45.2 Å². The molecule has 2 amide bonds. The highest BCUT2D eigenvalue weighted by atomic mass is 127. The predicted octanol–water partition coefficient (Wildman–Crippen LogP) is 1.16. The normalized spacial score (nSPS) is 28.5. The zero-order valence-electron chi connectivity index (χ0n) is 37.1. The number of fused-ring (bicyclic) bond motifs is 6. The number of nitrogens with two attached hydrogens (primary N) is 2. The van der Waals surface area contributed by atoms with Crippen LogP contribution in [0.4, 0.5) is 0 Å². The molecule has 2 saturated carbocycles. The fourth-order valence-electron chi connectivity index (χ4n) is 10.9. The Kier molecular flexibility index (Phi) is 13.5. The molecule has 362 valence electrons. The first kappa shape index (κ1) is 50.5. The number of primary amides is 2. The lowest BCUT2D eigenvalue weighted by atomic mass is 9.57. The summed E-state index contributed by atoms with van der Waals surface area (Å²) in [6.45, 7) is 1.08. The number of aliphatic hydroxyl groups is 5. The van der Waals surface area contributed by atoms with E-state index in [0.717, 1.165) is 7.14 Å². The molecule has 68 heavy (non-hydrogen) atoms. The van der Waals surface area contributed by atoms with Crippen molar-refractivity contribution >= 4 is 97.6 Å². The number of aliphatic hydroxyl groups excluding tert-OH is 3. The molecular weight excluding hydrogens is 1120 g/mol. The number of carbonyl (C=O) groups is 7. The summed E-state index contributed by atoms with van der Waals surface area (Å²) in [6.07, 6.45) is 0.692. The molecule has 2 aromatic carbocycles. The number of carbonyl (C=O) groups excluding carboxylic acids is 7. The molecule has 0 heterocycles. The van der Waals surface area contributed by atoms with Crippen molar-refractivity contribution in [3.8, 4) is 11.5 Å². The summed E-state index contributed by atoms with van der Waals surface area (Å²) in [5, 5.41) is 76.7. The van der Waals surface area contributed by atoms with Crippen molar-refractivity contribution in [3.05, 3.63) is 87.5 Å². The highest BCUT2D eigenvalue weighted by Crippen LogP contribution is 2.55. The van der Waals surface area contributed by atoms with Gasteiger partial charge in [-0.05, 0) is 153 Å². The zero-order valence-corrected chi connectivity index (χ0v) is 41.4. The van der Waals surface area contributed by atoms with Gasteiger partial charge in [0.2, 0.25) is 17.3 Å². The summed E-state index contributed by atoms with van der Waals surface area (Å²) in [7, 11) is 6.35. The summed E-state index contributed by atoms with van der Waals surface area (Å²) in [4.78, 5) is 93.4. The van der Waals surface area contributed by atoms with Crippen molar-refractivity contribution in [1.82, 2.24) is 9.80 Å². The van der Waals surface area contributed by atoms with E-state index in [1.54, 1.807) is 52.1 Å². The molecule has 0 aliphatic heterocycles. The van der Waals surface area contributed by atoms with Crippen LogP contribution in [0.2, 0.25) is 0 Å². The SMILES string of the molecule is CCOC(=O)COC1=C(C(N)=O)C(=O)[C@@]2(O)C(=O)C3=C(O)c4c(O)ccc(I)c4C[C@H]3C[C@H]2[C@@H]1N(C)C.CN(C)[C@@H]1C(=O)C(C(N)=O)=C(O)[C@@]2(O)C(=O)C3=C(O)c4c(O)ccc(I)c4C[C@H]3C[C@@H]12. The minimum Gasteiger partial charge on any atom is -0.508 e. The molecule has 0 saturated heterocycles. The van der Waals surface area contributed by atoms with E-state index in [0.29, 0.717) is 17.5 Å². The van der Waals surface area contributed by atoms with Crippen LogP contribution in [0.5, 0.6) is 11.5 Å². The van der Waals surface area contributed by atoms with Crippen LogP contribution in [0.25, 0.3) is 11.5 Å². The van der Waals surface area contributed by atoms with Gasteiger partial charge in [-0.1, -0.05) is 0 Å². The van der Waals surface area contributed by atoms with Crippen molar-refractivity contribution in [2.24, 2.45) is 35.1 Å². The van der Waals surface area contributed by atoms with E-state index in [1.807, 2.05) is 0 Å². The standard InChI is InChI=1S/C25H27IN2O9.C21H21IN2O7/c1-4-36-15(30)9-37-21-18(24(27)34)23(33)25(35)12(19(21)28(2)3)8-10-7-11-13(26)5-6-14(29)17(11)20(31)16(10)22(25)32;1-24(2)15-9-6-7-5-8-10(22)3-4-11(25)13(8)16(26)12(7)18(28)21(9,31)19(29)14(17(15)27)20(23)30/h5-6,10,12,19,29,31,35H,4,7-9H2,1-3H3,(H2,27,34);3-4,7,9,15,25-26,29,31H,5-6H2,1-2H3,(H2,23,30)/t10-,12-,19-,25-;7-,9-,15-,21-/m00/s1.